The van der Waals surface area contributed by atoms with Crippen LogP contribution in [0, 0.1) is 0 Å². The minimum absolute atomic E-state index is 0.278. The van der Waals surface area contributed by atoms with E-state index in [-0.39, 0.29) is 6.54 Å². The molecule has 0 atom stereocenters. The summed E-state index contributed by atoms with van der Waals surface area (Å²) in [7, 11) is 0. The summed E-state index contributed by atoms with van der Waals surface area (Å²) in [6.07, 6.45) is 19.9. The van der Waals surface area contributed by atoms with E-state index in [0.717, 1.165) is 6.54 Å². The van der Waals surface area contributed by atoms with Crippen molar-refractivity contribution in [3.63, 3.8) is 0 Å². The summed E-state index contributed by atoms with van der Waals surface area (Å²) in [5.74, 6) is -0.968. The van der Waals surface area contributed by atoms with Gasteiger partial charge in [0, 0.05) is 0 Å². The number of aliphatic carboxylic acids is 1. The zero-order valence-corrected chi connectivity index (χ0v) is 14.8. The van der Waals surface area contributed by atoms with Crippen molar-refractivity contribution in [1.29, 1.82) is 0 Å². The maximum absolute atomic E-state index is 9.24. The highest BCUT2D eigenvalue weighted by Crippen LogP contribution is 2.12. The second kappa shape index (κ2) is 22.7. The van der Waals surface area contributed by atoms with Gasteiger partial charge < -0.3 is 16.6 Å². The smallest absolute Gasteiger partial charge is 0.317 e. The van der Waals surface area contributed by atoms with E-state index < -0.39 is 5.97 Å². The van der Waals surface area contributed by atoms with E-state index >= 15 is 0 Å². The van der Waals surface area contributed by atoms with Gasteiger partial charge in [-0.25, -0.2) is 0 Å². The first-order valence-corrected chi connectivity index (χ1v) is 9.30. The Morgan fingerprint density at radius 3 is 1.18 bits per heavy atom. The van der Waals surface area contributed by atoms with Gasteiger partial charge in [-0.15, -0.1) is 0 Å². The van der Waals surface area contributed by atoms with Gasteiger partial charge in [-0.05, 0) is 13.0 Å². The Labute approximate surface area is 138 Å². The van der Waals surface area contributed by atoms with Gasteiger partial charge in [-0.1, -0.05) is 90.4 Å². The van der Waals surface area contributed by atoms with Crippen molar-refractivity contribution in [3.05, 3.63) is 0 Å². The Morgan fingerprint density at radius 1 is 0.682 bits per heavy atom. The SMILES string of the molecule is CCCCCCCCCCCCCCCCN.NCC(=O)O. The molecule has 22 heavy (non-hydrogen) atoms. The second-order valence-corrected chi connectivity index (χ2v) is 5.98. The topological polar surface area (TPSA) is 89.3 Å². The molecule has 0 aromatic heterocycles. The van der Waals surface area contributed by atoms with Gasteiger partial charge in [-0.2, -0.15) is 0 Å². The van der Waals surface area contributed by atoms with Crippen LogP contribution in [0.2, 0.25) is 0 Å². The number of carbonyl (C=O) groups is 1. The Morgan fingerprint density at radius 2 is 0.955 bits per heavy atom. The fraction of sp³-hybridized carbons (Fsp3) is 0.944. The van der Waals surface area contributed by atoms with Crippen LogP contribution in [0.3, 0.4) is 0 Å². The van der Waals surface area contributed by atoms with E-state index in [1.807, 2.05) is 0 Å². The fourth-order valence-electron chi connectivity index (χ4n) is 2.34. The highest BCUT2D eigenvalue weighted by atomic mass is 16.4. The molecule has 5 N–H and O–H groups in total. The number of hydrogen-bond donors (Lipinski definition) is 3. The van der Waals surface area contributed by atoms with E-state index in [0.29, 0.717) is 0 Å². The molecule has 0 aliphatic heterocycles. The molecule has 134 valence electrons. The molecule has 0 aromatic rings. The number of rotatable bonds is 15. The number of unbranched alkanes of at least 4 members (excludes halogenated alkanes) is 13. The molecule has 0 spiro atoms. The van der Waals surface area contributed by atoms with Crippen molar-refractivity contribution in [2.24, 2.45) is 11.5 Å². The zero-order valence-electron chi connectivity index (χ0n) is 14.8. The lowest BCUT2D eigenvalue weighted by Crippen LogP contribution is -2.10. The van der Waals surface area contributed by atoms with Gasteiger partial charge in [0.15, 0.2) is 0 Å². The molecule has 0 aliphatic carbocycles. The van der Waals surface area contributed by atoms with Gasteiger partial charge in [0.25, 0.3) is 0 Å². The summed E-state index contributed by atoms with van der Waals surface area (Å²) in [5, 5.41) is 7.60. The van der Waals surface area contributed by atoms with Crippen LogP contribution in [0.4, 0.5) is 0 Å². The maximum Gasteiger partial charge on any atom is 0.317 e. The van der Waals surface area contributed by atoms with Crippen molar-refractivity contribution in [3.8, 4) is 0 Å². The molecule has 0 fully saturated rings. The predicted molar refractivity (Wildman–Crippen MR) is 96.1 cm³/mol. The molecular formula is C18H40N2O2. The summed E-state index contributed by atoms with van der Waals surface area (Å²) in [6, 6.07) is 0. The predicted octanol–water partition coefficient (Wildman–Crippen LogP) is 4.46. The average Bonchev–Trinajstić information content (AvgIpc) is 2.52. The van der Waals surface area contributed by atoms with Crippen molar-refractivity contribution >= 4 is 5.97 Å². The Balaban J connectivity index is 0. The third kappa shape index (κ3) is 27.7. The average molecular weight is 317 g/mol. The fourth-order valence-corrected chi connectivity index (χ4v) is 2.34. The van der Waals surface area contributed by atoms with Crippen LogP contribution in [0.1, 0.15) is 96.8 Å². The Kier molecular flexibility index (Phi) is 24.4. The maximum atomic E-state index is 9.24. The second-order valence-electron chi connectivity index (χ2n) is 5.98. The monoisotopic (exact) mass is 316 g/mol. The molecule has 0 rings (SSSR count). The lowest BCUT2D eigenvalue weighted by atomic mass is 10.0. The number of carboxylic acid groups (broad SMARTS) is 1. The molecule has 0 unspecified atom stereocenters. The number of carboxylic acids is 1. The molecule has 0 amide bonds. The summed E-state index contributed by atoms with van der Waals surface area (Å²) < 4.78 is 0. The van der Waals surface area contributed by atoms with Gasteiger partial charge in [0.1, 0.15) is 0 Å². The minimum Gasteiger partial charge on any atom is -0.480 e. The molecule has 0 saturated carbocycles. The van der Waals surface area contributed by atoms with Crippen LogP contribution in [-0.2, 0) is 4.79 Å². The van der Waals surface area contributed by atoms with Gasteiger partial charge >= 0.3 is 5.97 Å². The quantitative estimate of drug-likeness (QED) is 0.389. The highest BCUT2D eigenvalue weighted by Gasteiger charge is 1.93. The van der Waals surface area contributed by atoms with E-state index in [2.05, 4.69) is 12.7 Å². The molecular weight excluding hydrogens is 276 g/mol. The highest BCUT2D eigenvalue weighted by molar-refractivity contribution is 5.68. The normalized spacial score (nSPS) is 10.1. The first kappa shape index (κ1) is 23.7. The van der Waals surface area contributed by atoms with Gasteiger partial charge in [0.05, 0.1) is 6.54 Å². The Bertz CT molecular complexity index is 197. The van der Waals surface area contributed by atoms with Crippen molar-refractivity contribution in [1.82, 2.24) is 0 Å². The molecule has 0 saturated heterocycles. The lowest BCUT2D eigenvalue weighted by Gasteiger charge is -2.02. The third-order valence-corrected chi connectivity index (χ3v) is 3.73. The summed E-state index contributed by atoms with van der Waals surface area (Å²) in [5.41, 5.74) is 10.0. The van der Waals surface area contributed by atoms with Gasteiger partial charge in [0.2, 0.25) is 0 Å². The first-order chi connectivity index (χ1) is 10.7. The minimum atomic E-state index is -0.968. The van der Waals surface area contributed by atoms with E-state index in [1.54, 1.807) is 0 Å². The largest absolute Gasteiger partial charge is 0.480 e. The Hall–Kier alpha value is -0.610. The molecule has 0 aromatic carbocycles. The molecule has 0 aliphatic rings. The molecule has 0 heterocycles. The molecule has 4 nitrogen and oxygen atoms in total. The van der Waals surface area contributed by atoms with Crippen molar-refractivity contribution in [2.45, 2.75) is 96.8 Å². The lowest BCUT2D eigenvalue weighted by molar-refractivity contribution is -0.135. The van der Waals surface area contributed by atoms with Crippen LogP contribution >= 0.6 is 0 Å². The van der Waals surface area contributed by atoms with E-state index in [9.17, 15) is 4.79 Å². The van der Waals surface area contributed by atoms with Crippen molar-refractivity contribution < 1.29 is 9.90 Å². The third-order valence-electron chi connectivity index (χ3n) is 3.73. The first-order valence-electron chi connectivity index (χ1n) is 9.30. The molecule has 4 heteroatoms. The van der Waals surface area contributed by atoms with Crippen molar-refractivity contribution in [2.75, 3.05) is 13.1 Å². The summed E-state index contributed by atoms with van der Waals surface area (Å²) in [4.78, 5) is 9.24. The van der Waals surface area contributed by atoms with Crippen LogP contribution in [0.5, 0.6) is 0 Å². The van der Waals surface area contributed by atoms with E-state index in [4.69, 9.17) is 10.8 Å². The standard InChI is InChI=1S/C16H35N.C2H5NO2/c1-2-3-4-5-6-7-8-9-10-11-12-13-14-15-16-17;3-1-2(4)5/h2-17H2,1H3;1,3H2,(H,4,5). The summed E-state index contributed by atoms with van der Waals surface area (Å²) in [6.45, 7) is 2.88. The van der Waals surface area contributed by atoms with Crippen LogP contribution < -0.4 is 11.5 Å². The van der Waals surface area contributed by atoms with Crippen LogP contribution in [-0.4, -0.2) is 24.2 Å². The van der Waals surface area contributed by atoms with E-state index in [1.165, 1.54) is 89.9 Å². The van der Waals surface area contributed by atoms with Crippen LogP contribution in [0.25, 0.3) is 0 Å². The number of nitrogens with two attached hydrogens (primary N) is 2. The van der Waals surface area contributed by atoms with Gasteiger partial charge in [-0.3, -0.25) is 4.79 Å². The summed E-state index contributed by atoms with van der Waals surface area (Å²) >= 11 is 0. The number of hydrogen-bond acceptors (Lipinski definition) is 3. The zero-order chi connectivity index (χ0) is 16.9. The van der Waals surface area contributed by atoms with Crippen LogP contribution in [0.15, 0.2) is 0 Å². The molecule has 0 radical (unpaired) electrons. The molecule has 0 bridgehead atoms.